The second kappa shape index (κ2) is 9.25. The van der Waals surface area contributed by atoms with Gasteiger partial charge in [0.1, 0.15) is 6.04 Å². The highest BCUT2D eigenvalue weighted by atomic mass is 32.1. The lowest BCUT2D eigenvalue weighted by atomic mass is 10.0. The molecule has 0 aromatic rings. The molecule has 4 nitrogen and oxygen atoms in total. The second-order valence-corrected chi connectivity index (χ2v) is 5.54. The molecule has 2 atom stereocenters. The number of carbonyl (C=O) groups is 2. The molecule has 0 aromatic heterocycles. The van der Waals surface area contributed by atoms with Crippen LogP contribution in [0.4, 0.5) is 0 Å². The molecule has 0 saturated heterocycles. The molecule has 0 aromatic carbocycles. The fraction of sp³-hybridized carbons (Fsp3) is 0.846. The SMILES string of the molecule is CC(=O)NC(CS)C(=O)NC(C)CCCC(C)C. The Morgan fingerprint density at radius 1 is 1.11 bits per heavy atom. The van der Waals surface area contributed by atoms with Crippen molar-refractivity contribution in [2.45, 2.75) is 59.0 Å². The summed E-state index contributed by atoms with van der Waals surface area (Å²) in [5, 5.41) is 5.49. The number of hydrogen-bond acceptors (Lipinski definition) is 3. The van der Waals surface area contributed by atoms with Gasteiger partial charge in [-0.2, -0.15) is 12.6 Å². The van der Waals surface area contributed by atoms with Crippen LogP contribution in [0.25, 0.3) is 0 Å². The van der Waals surface area contributed by atoms with E-state index < -0.39 is 6.04 Å². The molecular weight excluding hydrogens is 248 g/mol. The van der Waals surface area contributed by atoms with Crippen LogP contribution in [0.15, 0.2) is 0 Å². The molecule has 2 N–H and O–H groups in total. The van der Waals surface area contributed by atoms with Crippen molar-refractivity contribution in [2.24, 2.45) is 5.92 Å². The monoisotopic (exact) mass is 274 g/mol. The molecule has 106 valence electrons. The standard InChI is InChI=1S/C13H26N2O2S/c1-9(2)6-5-7-10(3)14-13(17)12(8-18)15-11(4)16/h9-10,12,18H,5-8H2,1-4H3,(H,14,17)(H,15,16). The van der Waals surface area contributed by atoms with Crippen LogP contribution in [0.5, 0.6) is 0 Å². The normalized spacial score (nSPS) is 14.1. The number of hydrogen-bond donors (Lipinski definition) is 3. The van der Waals surface area contributed by atoms with E-state index in [0.29, 0.717) is 11.7 Å². The van der Waals surface area contributed by atoms with Crippen LogP contribution in [0.2, 0.25) is 0 Å². The Morgan fingerprint density at radius 2 is 1.72 bits per heavy atom. The van der Waals surface area contributed by atoms with E-state index in [1.807, 2.05) is 6.92 Å². The summed E-state index contributed by atoms with van der Waals surface area (Å²) in [6.45, 7) is 7.77. The Labute approximate surface area is 116 Å². The molecule has 0 aliphatic rings. The molecule has 18 heavy (non-hydrogen) atoms. The molecule has 2 amide bonds. The third-order valence-corrected chi connectivity index (χ3v) is 3.05. The molecule has 0 rings (SSSR count). The average Bonchev–Trinajstić information content (AvgIpc) is 2.24. The largest absolute Gasteiger partial charge is 0.352 e. The van der Waals surface area contributed by atoms with Gasteiger partial charge in [0.15, 0.2) is 0 Å². The van der Waals surface area contributed by atoms with Gasteiger partial charge in [-0.25, -0.2) is 0 Å². The van der Waals surface area contributed by atoms with Gasteiger partial charge in [-0.15, -0.1) is 0 Å². The third kappa shape index (κ3) is 8.39. The molecule has 0 aliphatic carbocycles. The van der Waals surface area contributed by atoms with Crippen LogP contribution < -0.4 is 10.6 Å². The second-order valence-electron chi connectivity index (χ2n) is 5.17. The number of rotatable bonds is 8. The molecule has 0 heterocycles. The molecule has 0 fully saturated rings. The number of thiol groups is 1. The first-order valence-electron chi connectivity index (χ1n) is 6.55. The summed E-state index contributed by atoms with van der Waals surface area (Å²) in [7, 11) is 0. The lowest BCUT2D eigenvalue weighted by molar-refractivity contribution is -0.127. The summed E-state index contributed by atoms with van der Waals surface area (Å²) in [6, 6.07) is -0.411. The summed E-state index contributed by atoms with van der Waals surface area (Å²) < 4.78 is 0. The highest BCUT2D eigenvalue weighted by Crippen LogP contribution is 2.08. The van der Waals surface area contributed by atoms with Crippen LogP contribution in [0, 0.1) is 5.92 Å². The summed E-state index contributed by atoms with van der Waals surface area (Å²) >= 11 is 4.07. The van der Waals surface area contributed by atoms with E-state index in [-0.39, 0.29) is 17.9 Å². The van der Waals surface area contributed by atoms with Crippen molar-refractivity contribution in [1.82, 2.24) is 10.6 Å². The number of nitrogens with one attached hydrogen (secondary N) is 2. The first-order chi connectivity index (χ1) is 8.36. The van der Waals surface area contributed by atoms with Crippen LogP contribution in [-0.2, 0) is 9.59 Å². The smallest absolute Gasteiger partial charge is 0.243 e. The van der Waals surface area contributed by atoms with E-state index in [2.05, 4.69) is 37.1 Å². The van der Waals surface area contributed by atoms with E-state index >= 15 is 0 Å². The van der Waals surface area contributed by atoms with Crippen LogP contribution in [0.3, 0.4) is 0 Å². The lowest BCUT2D eigenvalue weighted by Crippen LogP contribution is -2.49. The molecular formula is C13H26N2O2S. The molecule has 0 spiro atoms. The van der Waals surface area contributed by atoms with Crippen LogP contribution >= 0.6 is 12.6 Å². The van der Waals surface area contributed by atoms with E-state index in [1.54, 1.807) is 0 Å². The maximum Gasteiger partial charge on any atom is 0.243 e. The molecule has 0 saturated carbocycles. The molecule has 2 unspecified atom stereocenters. The average molecular weight is 274 g/mol. The van der Waals surface area contributed by atoms with Gasteiger partial charge in [0.25, 0.3) is 0 Å². The van der Waals surface area contributed by atoms with Gasteiger partial charge in [-0.1, -0.05) is 26.7 Å². The minimum absolute atomic E-state index is 0.132. The predicted octanol–water partition coefficient (Wildman–Crippen LogP) is 1.75. The molecule has 0 radical (unpaired) electrons. The summed E-state index contributed by atoms with van der Waals surface area (Å²) in [5.74, 6) is 0.635. The minimum atomic E-state index is -0.543. The number of amides is 2. The van der Waals surface area contributed by atoms with Gasteiger partial charge in [-0.3, -0.25) is 9.59 Å². The number of carbonyl (C=O) groups excluding carboxylic acids is 2. The Morgan fingerprint density at radius 3 is 2.17 bits per heavy atom. The summed E-state index contributed by atoms with van der Waals surface area (Å²) in [5.41, 5.74) is 0. The van der Waals surface area contributed by atoms with E-state index in [0.717, 1.165) is 12.8 Å². The van der Waals surface area contributed by atoms with Gasteiger partial charge >= 0.3 is 0 Å². The quantitative estimate of drug-likeness (QED) is 0.591. The predicted molar refractivity (Wildman–Crippen MR) is 77.8 cm³/mol. The van der Waals surface area contributed by atoms with Crippen LogP contribution in [-0.4, -0.2) is 29.7 Å². The fourth-order valence-electron chi connectivity index (χ4n) is 1.69. The van der Waals surface area contributed by atoms with E-state index in [4.69, 9.17) is 0 Å². The lowest BCUT2D eigenvalue weighted by Gasteiger charge is -2.19. The van der Waals surface area contributed by atoms with Gasteiger partial charge in [0, 0.05) is 18.7 Å². The first-order valence-corrected chi connectivity index (χ1v) is 7.18. The maximum absolute atomic E-state index is 11.8. The Hall–Kier alpha value is -0.710. The van der Waals surface area contributed by atoms with Crippen molar-refractivity contribution < 1.29 is 9.59 Å². The fourth-order valence-corrected chi connectivity index (χ4v) is 1.94. The van der Waals surface area contributed by atoms with Crippen molar-refractivity contribution in [3.63, 3.8) is 0 Å². The maximum atomic E-state index is 11.8. The molecule has 5 heteroatoms. The third-order valence-electron chi connectivity index (χ3n) is 2.68. The summed E-state index contributed by atoms with van der Waals surface area (Å²) in [4.78, 5) is 22.8. The van der Waals surface area contributed by atoms with E-state index in [9.17, 15) is 9.59 Å². The van der Waals surface area contributed by atoms with Gasteiger partial charge in [0.05, 0.1) is 0 Å². The highest BCUT2D eigenvalue weighted by Gasteiger charge is 2.19. The van der Waals surface area contributed by atoms with Crippen molar-refractivity contribution >= 4 is 24.4 Å². The topological polar surface area (TPSA) is 58.2 Å². The van der Waals surface area contributed by atoms with E-state index in [1.165, 1.54) is 13.3 Å². The highest BCUT2D eigenvalue weighted by molar-refractivity contribution is 7.80. The van der Waals surface area contributed by atoms with Crippen molar-refractivity contribution in [3.8, 4) is 0 Å². The van der Waals surface area contributed by atoms with Gasteiger partial charge < -0.3 is 10.6 Å². The van der Waals surface area contributed by atoms with Crippen molar-refractivity contribution in [1.29, 1.82) is 0 Å². The van der Waals surface area contributed by atoms with Crippen LogP contribution in [0.1, 0.15) is 47.0 Å². The summed E-state index contributed by atoms with van der Waals surface area (Å²) in [6.07, 6.45) is 3.23. The first kappa shape index (κ1) is 17.3. The zero-order valence-electron chi connectivity index (χ0n) is 11.8. The van der Waals surface area contributed by atoms with Gasteiger partial charge in [0.2, 0.25) is 11.8 Å². The Balaban J connectivity index is 4.00. The van der Waals surface area contributed by atoms with Crippen molar-refractivity contribution in [3.05, 3.63) is 0 Å². The Kier molecular flexibility index (Phi) is 8.89. The molecule has 0 bridgehead atoms. The Bertz CT molecular complexity index is 270. The van der Waals surface area contributed by atoms with Crippen molar-refractivity contribution in [2.75, 3.05) is 5.75 Å². The minimum Gasteiger partial charge on any atom is -0.352 e. The van der Waals surface area contributed by atoms with Gasteiger partial charge in [-0.05, 0) is 19.3 Å². The molecule has 0 aliphatic heterocycles. The zero-order valence-corrected chi connectivity index (χ0v) is 12.7. The zero-order chi connectivity index (χ0) is 14.1.